The SMILES string of the molecule is COc1c(O)c(C)c(C/C=C(\C)CS(=O)(=O)c2ccccc2)c(O)c1OC. The summed E-state index contributed by atoms with van der Waals surface area (Å²) in [5.74, 6) is -0.289. The van der Waals surface area contributed by atoms with E-state index in [1.165, 1.54) is 14.2 Å². The zero-order valence-electron chi connectivity index (χ0n) is 15.8. The van der Waals surface area contributed by atoms with Crippen LogP contribution in [0.1, 0.15) is 18.1 Å². The van der Waals surface area contributed by atoms with Gasteiger partial charge in [0.1, 0.15) is 0 Å². The van der Waals surface area contributed by atoms with E-state index < -0.39 is 9.84 Å². The number of hydrogen-bond donors (Lipinski definition) is 2. The van der Waals surface area contributed by atoms with Crippen molar-refractivity contribution in [2.24, 2.45) is 0 Å². The van der Waals surface area contributed by atoms with E-state index >= 15 is 0 Å². The van der Waals surface area contributed by atoms with Gasteiger partial charge < -0.3 is 19.7 Å². The quantitative estimate of drug-likeness (QED) is 0.554. The van der Waals surface area contributed by atoms with Crippen LogP contribution in [-0.2, 0) is 16.3 Å². The molecule has 0 heterocycles. The van der Waals surface area contributed by atoms with Crippen LogP contribution < -0.4 is 9.47 Å². The second kappa shape index (κ2) is 8.35. The van der Waals surface area contributed by atoms with Crippen LogP contribution in [0.2, 0.25) is 0 Å². The summed E-state index contributed by atoms with van der Waals surface area (Å²) in [6, 6.07) is 8.24. The molecule has 0 aromatic heterocycles. The molecule has 0 aliphatic rings. The van der Waals surface area contributed by atoms with E-state index in [1.54, 1.807) is 50.3 Å². The van der Waals surface area contributed by atoms with E-state index in [-0.39, 0.29) is 40.1 Å². The van der Waals surface area contributed by atoms with Gasteiger partial charge in [-0.25, -0.2) is 8.42 Å². The van der Waals surface area contributed by atoms with E-state index in [4.69, 9.17) is 9.47 Å². The van der Waals surface area contributed by atoms with Crippen molar-refractivity contribution in [2.75, 3.05) is 20.0 Å². The average molecular weight is 392 g/mol. The average Bonchev–Trinajstić information content (AvgIpc) is 2.64. The molecule has 6 nitrogen and oxygen atoms in total. The van der Waals surface area contributed by atoms with Crippen molar-refractivity contribution in [3.63, 3.8) is 0 Å². The lowest BCUT2D eigenvalue weighted by atomic mass is 10.0. The third kappa shape index (κ3) is 4.36. The van der Waals surface area contributed by atoms with Crippen molar-refractivity contribution < 1.29 is 28.1 Å². The Hall–Kier alpha value is -2.67. The van der Waals surface area contributed by atoms with Crippen molar-refractivity contribution in [3.05, 3.63) is 53.1 Å². The van der Waals surface area contributed by atoms with Crippen LogP contribution in [0.5, 0.6) is 23.0 Å². The topological polar surface area (TPSA) is 93.1 Å². The number of phenolic OH excluding ortho intramolecular Hbond substituents is 2. The fraction of sp³-hybridized carbons (Fsp3) is 0.300. The number of benzene rings is 2. The molecular formula is C20H24O6S. The summed E-state index contributed by atoms with van der Waals surface area (Å²) >= 11 is 0. The third-order valence-electron chi connectivity index (χ3n) is 4.31. The lowest BCUT2D eigenvalue weighted by Crippen LogP contribution is -2.08. The number of sulfone groups is 1. The van der Waals surface area contributed by atoms with Crippen LogP contribution >= 0.6 is 0 Å². The van der Waals surface area contributed by atoms with Crippen molar-refractivity contribution in [1.82, 2.24) is 0 Å². The minimum Gasteiger partial charge on any atom is -0.504 e. The minimum absolute atomic E-state index is 0.0403. The van der Waals surface area contributed by atoms with Gasteiger partial charge in [0.2, 0.25) is 11.5 Å². The van der Waals surface area contributed by atoms with Crippen LogP contribution in [-0.4, -0.2) is 38.6 Å². The van der Waals surface area contributed by atoms with Crippen LogP contribution in [0, 0.1) is 6.92 Å². The normalized spacial score (nSPS) is 12.1. The number of phenols is 2. The molecule has 0 amide bonds. The molecule has 0 aliphatic heterocycles. The van der Waals surface area contributed by atoms with Crippen molar-refractivity contribution in [2.45, 2.75) is 25.2 Å². The smallest absolute Gasteiger partial charge is 0.207 e. The maximum atomic E-state index is 12.5. The van der Waals surface area contributed by atoms with Crippen molar-refractivity contribution >= 4 is 9.84 Å². The highest BCUT2D eigenvalue weighted by atomic mass is 32.2. The molecule has 0 bridgehead atoms. The van der Waals surface area contributed by atoms with Gasteiger partial charge in [0.25, 0.3) is 0 Å². The number of aromatic hydroxyl groups is 2. The molecule has 0 spiro atoms. The lowest BCUT2D eigenvalue weighted by molar-refractivity contribution is 0.314. The Labute approximate surface area is 159 Å². The lowest BCUT2D eigenvalue weighted by Gasteiger charge is -2.17. The highest BCUT2D eigenvalue weighted by Gasteiger charge is 2.22. The molecule has 2 rings (SSSR count). The number of rotatable bonds is 7. The Kier molecular flexibility index (Phi) is 6.38. The zero-order valence-corrected chi connectivity index (χ0v) is 16.6. The van der Waals surface area contributed by atoms with Crippen LogP contribution in [0.3, 0.4) is 0 Å². The molecule has 2 aromatic rings. The fourth-order valence-electron chi connectivity index (χ4n) is 2.82. The Morgan fingerprint density at radius 2 is 1.59 bits per heavy atom. The molecule has 0 aliphatic carbocycles. The molecule has 2 N–H and O–H groups in total. The van der Waals surface area contributed by atoms with Gasteiger partial charge >= 0.3 is 0 Å². The third-order valence-corrected chi connectivity index (χ3v) is 6.14. The fourth-order valence-corrected chi connectivity index (χ4v) is 4.27. The number of hydrogen-bond acceptors (Lipinski definition) is 6. The summed E-state index contributed by atoms with van der Waals surface area (Å²) < 4.78 is 35.1. The van der Waals surface area contributed by atoms with Gasteiger partial charge in [0.05, 0.1) is 24.9 Å². The Morgan fingerprint density at radius 1 is 1.04 bits per heavy atom. The highest BCUT2D eigenvalue weighted by molar-refractivity contribution is 7.91. The Bertz CT molecular complexity index is 946. The van der Waals surface area contributed by atoms with E-state index in [0.717, 1.165) is 0 Å². The monoisotopic (exact) mass is 392 g/mol. The molecule has 2 aromatic carbocycles. The summed E-state index contributed by atoms with van der Waals surface area (Å²) in [6.07, 6.45) is 1.95. The van der Waals surface area contributed by atoms with Gasteiger partial charge in [-0.1, -0.05) is 29.8 Å². The van der Waals surface area contributed by atoms with Gasteiger partial charge in [0.15, 0.2) is 21.3 Å². The van der Waals surface area contributed by atoms with E-state index in [0.29, 0.717) is 16.7 Å². The summed E-state index contributed by atoms with van der Waals surface area (Å²) in [7, 11) is -0.706. The van der Waals surface area contributed by atoms with E-state index in [1.807, 2.05) is 0 Å². The summed E-state index contributed by atoms with van der Waals surface area (Å²) in [5, 5.41) is 20.7. The van der Waals surface area contributed by atoms with Gasteiger partial charge in [0, 0.05) is 11.1 Å². The number of allylic oxidation sites excluding steroid dienone is 1. The first-order valence-electron chi connectivity index (χ1n) is 8.31. The summed E-state index contributed by atoms with van der Waals surface area (Å²) in [4.78, 5) is 0.264. The molecule has 0 unspecified atom stereocenters. The Morgan fingerprint density at radius 3 is 2.15 bits per heavy atom. The second-order valence-electron chi connectivity index (χ2n) is 6.19. The van der Waals surface area contributed by atoms with Crippen LogP contribution in [0.4, 0.5) is 0 Å². The molecule has 146 valence electrons. The first-order valence-corrected chi connectivity index (χ1v) is 9.97. The molecule has 27 heavy (non-hydrogen) atoms. The Balaban J connectivity index is 2.31. The first kappa shape index (κ1) is 20.6. The molecule has 0 fully saturated rings. The largest absolute Gasteiger partial charge is 0.504 e. The molecular weight excluding hydrogens is 368 g/mol. The minimum atomic E-state index is -3.44. The molecule has 0 radical (unpaired) electrons. The highest BCUT2D eigenvalue weighted by Crippen LogP contribution is 2.48. The van der Waals surface area contributed by atoms with Crippen molar-refractivity contribution in [1.29, 1.82) is 0 Å². The van der Waals surface area contributed by atoms with Crippen molar-refractivity contribution in [3.8, 4) is 23.0 Å². The number of ether oxygens (including phenoxy) is 2. The first-order chi connectivity index (χ1) is 12.7. The maximum Gasteiger partial charge on any atom is 0.207 e. The van der Waals surface area contributed by atoms with Crippen LogP contribution in [0.25, 0.3) is 0 Å². The molecule has 7 heteroatoms. The number of methoxy groups -OCH3 is 2. The predicted octanol–water partition coefficient (Wildman–Crippen LogP) is 3.39. The summed E-state index contributed by atoms with van der Waals surface area (Å²) in [5.41, 5.74) is 1.52. The maximum absolute atomic E-state index is 12.5. The van der Waals surface area contributed by atoms with Gasteiger partial charge in [-0.3, -0.25) is 0 Å². The van der Waals surface area contributed by atoms with Gasteiger partial charge in [-0.15, -0.1) is 0 Å². The predicted molar refractivity (Wildman–Crippen MR) is 104 cm³/mol. The van der Waals surface area contributed by atoms with E-state index in [9.17, 15) is 18.6 Å². The molecule has 0 saturated carbocycles. The van der Waals surface area contributed by atoms with Crippen LogP contribution in [0.15, 0.2) is 46.9 Å². The zero-order chi connectivity index (χ0) is 20.2. The second-order valence-corrected chi connectivity index (χ2v) is 8.18. The summed E-state index contributed by atoms with van der Waals surface area (Å²) in [6.45, 7) is 3.36. The van der Waals surface area contributed by atoms with Gasteiger partial charge in [-0.05, 0) is 32.4 Å². The van der Waals surface area contributed by atoms with Gasteiger partial charge in [-0.2, -0.15) is 0 Å². The molecule has 0 atom stereocenters. The molecule has 0 saturated heterocycles. The standard InChI is InChI=1S/C20H24O6S/c1-13(12-27(23,24)15-8-6-5-7-9-15)10-11-16-14(2)17(21)19(25-3)20(26-4)18(16)22/h5-10,21-22H,11-12H2,1-4H3/b13-10+. The van der Waals surface area contributed by atoms with E-state index in [2.05, 4.69) is 0 Å².